The van der Waals surface area contributed by atoms with Crippen LogP contribution in [0, 0.1) is 11.7 Å². The highest BCUT2D eigenvalue weighted by Crippen LogP contribution is 2.37. The summed E-state index contributed by atoms with van der Waals surface area (Å²) in [6.45, 7) is 5.01. The average molecular weight is 348 g/mol. The van der Waals surface area contributed by atoms with E-state index in [2.05, 4.69) is 0 Å². The van der Waals surface area contributed by atoms with Crippen LogP contribution in [0.1, 0.15) is 38.3 Å². The molecule has 0 aliphatic carbocycles. The van der Waals surface area contributed by atoms with Gasteiger partial charge in [-0.05, 0) is 38.0 Å². The Kier molecular flexibility index (Phi) is 5.08. The number of ether oxygens (including phenoxy) is 1. The van der Waals surface area contributed by atoms with E-state index < -0.39 is 6.04 Å². The minimum atomic E-state index is -0.432. The molecule has 5 nitrogen and oxygen atoms in total. The fraction of sp³-hybridized carbons (Fsp3) is 0.579. The first-order valence-electron chi connectivity index (χ1n) is 8.82. The molecule has 0 saturated carbocycles. The van der Waals surface area contributed by atoms with Crippen LogP contribution in [-0.2, 0) is 14.3 Å². The highest BCUT2D eigenvalue weighted by Gasteiger charge is 2.41. The number of morpholine rings is 1. The quantitative estimate of drug-likeness (QED) is 0.824. The second-order valence-electron chi connectivity index (χ2n) is 7.15. The number of nitrogens with zero attached hydrogens (tertiary/aromatic N) is 2. The maximum Gasteiger partial charge on any atom is 0.228 e. The third kappa shape index (κ3) is 3.68. The molecule has 2 saturated heterocycles. The Morgan fingerprint density at radius 1 is 1.24 bits per heavy atom. The fourth-order valence-electron chi connectivity index (χ4n) is 4.04. The Bertz CT molecular complexity index is 656. The van der Waals surface area contributed by atoms with Crippen molar-refractivity contribution in [3.8, 4) is 0 Å². The van der Waals surface area contributed by atoms with Gasteiger partial charge in [-0.3, -0.25) is 9.59 Å². The van der Waals surface area contributed by atoms with Crippen molar-refractivity contribution in [2.75, 3.05) is 20.1 Å². The molecular formula is C19H25FN2O3. The van der Waals surface area contributed by atoms with E-state index >= 15 is 0 Å². The lowest BCUT2D eigenvalue weighted by molar-refractivity contribution is -0.154. The van der Waals surface area contributed by atoms with Crippen molar-refractivity contribution in [1.82, 2.24) is 9.80 Å². The van der Waals surface area contributed by atoms with Crippen molar-refractivity contribution in [1.29, 1.82) is 0 Å². The monoisotopic (exact) mass is 348 g/mol. The molecule has 2 aliphatic rings. The zero-order valence-electron chi connectivity index (χ0n) is 14.9. The highest BCUT2D eigenvalue weighted by atomic mass is 19.1. The summed E-state index contributed by atoms with van der Waals surface area (Å²) in [6, 6.07) is 5.77. The molecule has 3 rings (SSSR count). The molecule has 2 amide bonds. The van der Waals surface area contributed by atoms with Crippen LogP contribution in [-0.4, -0.2) is 54.0 Å². The molecule has 1 aromatic carbocycles. The summed E-state index contributed by atoms with van der Waals surface area (Å²) in [4.78, 5) is 28.8. The SMILES string of the molecule is C[C@@H]1CN(C(=O)[C@@H]2CCC(=O)N(C)[C@@H]2c2cccc(F)c2)C[C@H](C)O1. The second-order valence-corrected chi connectivity index (χ2v) is 7.15. The van der Waals surface area contributed by atoms with Crippen LogP contribution in [0.4, 0.5) is 4.39 Å². The summed E-state index contributed by atoms with van der Waals surface area (Å²) in [7, 11) is 1.70. The van der Waals surface area contributed by atoms with E-state index in [0.717, 1.165) is 0 Å². The van der Waals surface area contributed by atoms with Gasteiger partial charge in [0.1, 0.15) is 5.82 Å². The zero-order chi connectivity index (χ0) is 18.1. The van der Waals surface area contributed by atoms with Gasteiger partial charge in [0.25, 0.3) is 0 Å². The summed E-state index contributed by atoms with van der Waals surface area (Å²) in [5, 5.41) is 0. The molecule has 2 fully saturated rings. The first-order chi connectivity index (χ1) is 11.9. The van der Waals surface area contributed by atoms with E-state index in [1.165, 1.54) is 12.1 Å². The summed E-state index contributed by atoms with van der Waals surface area (Å²) in [6.07, 6.45) is 0.809. The lowest BCUT2D eigenvalue weighted by Crippen LogP contribution is -2.53. The first-order valence-corrected chi connectivity index (χ1v) is 8.82. The number of likely N-dealkylation sites (tertiary alicyclic amines) is 1. The number of hydrogen-bond donors (Lipinski definition) is 0. The van der Waals surface area contributed by atoms with Crippen molar-refractivity contribution in [2.45, 2.75) is 44.9 Å². The number of amides is 2. The van der Waals surface area contributed by atoms with Gasteiger partial charge in [-0.25, -0.2) is 4.39 Å². The Morgan fingerprint density at radius 2 is 1.92 bits per heavy atom. The van der Waals surface area contributed by atoms with Crippen LogP contribution in [0.25, 0.3) is 0 Å². The van der Waals surface area contributed by atoms with Crippen LogP contribution in [0.2, 0.25) is 0 Å². The number of piperidine rings is 1. The molecule has 4 atom stereocenters. The van der Waals surface area contributed by atoms with Gasteiger partial charge in [-0.2, -0.15) is 0 Å². The molecule has 136 valence electrons. The summed E-state index contributed by atoms with van der Waals surface area (Å²) in [5.41, 5.74) is 0.670. The molecule has 0 bridgehead atoms. The molecule has 0 aromatic heterocycles. The Morgan fingerprint density at radius 3 is 2.56 bits per heavy atom. The predicted octanol–water partition coefficient (Wildman–Crippen LogP) is 2.37. The van der Waals surface area contributed by atoms with Crippen LogP contribution >= 0.6 is 0 Å². The van der Waals surface area contributed by atoms with Crippen molar-refractivity contribution in [3.63, 3.8) is 0 Å². The number of rotatable bonds is 2. The van der Waals surface area contributed by atoms with Gasteiger partial charge in [-0.15, -0.1) is 0 Å². The third-order valence-electron chi connectivity index (χ3n) is 5.10. The Hall–Kier alpha value is -1.95. The fourth-order valence-corrected chi connectivity index (χ4v) is 4.04. The van der Waals surface area contributed by atoms with E-state index in [9.17, 15) is 14.0 Å². The van der Waals surface area contributed by atoms with Gasteiger partial charge in [-0.1, -0.05) is 12.1 Å². The van der Waals surface area contributed by atoms with E-state index in [0.29, 0.717) is 31.5 Å². The summed E-state index contributed by atoms with van der Waals surface area (Å²) in [5.74, 6) is -0.705. The topological polar surface area (TPSA) is 49.9 Å². The average Bonchev–Trinajstić information content (AvgIpc) is 2.55. The largest absolute Gasteiger partial charge is 0.372 e. The van der Waals surface area contributed by atoms with Gasteiger partial charge in [0.05, 0.1) is 24.2 Å². The highest BCUT2D eigenvalue weighted by molar-refractivity contribution is 5.85. The van der Waals surface area contributed by atoms with Gasteiger partial charge in [0.15, 0.2) is 0 Å². The van der Waals surface area contributed by atoms with E-state index in [4.69, 9.17) is 4.74 Å². The van der Waals surface area contributed by atoms with Gasteiger partial charge < -0.3 is 14.5 Å². The maximum absolute atomic E-state index is 13.7. The Labute approximate surface area is 147 Å². The molecule has 0 radical (unpaired) electrons. The second kappa shape index (κ2) is 7.12. The van der Waals surface area contributed by atoms with Crippen molar-refractivity contribution >= 4 is 11.8 Å². The van der Waals surface area contributed by atoms with Gasteiger partial charge in [0, 0.05) is 26.6 Å². The van der Waals surface area contributed by atoms with Crippen molar-refractivity contribution in [2.24, 2.45) is 5.92 Å². The predicted molar refractivity (Wildman–Crippen MR) is 91.2 cm³/mol. The molecule has 6 heteroatoms. The maximum atomic E-state index is 13.7. The van der Waals surface area contributed by atoms with Crippen LogP contribution < -0.4 is 0 Å². The van der Waals surface area contributed by atoms with Crippen LogP contribution in [0.5, 0.6) is 0 Å². The molecule has 2 aliphatic heterocycles. The van der Waals surface area contributed by atoms with Gasteiger partial charge >= 0.3 is 0 Å². The van der Waals surface area contributed by atoms with Crippen molar-refractivity contribution < 1.29 is 18.7 Å². The third-order valence-corrected chi connectivity index (χ3v) is 5.10. The molecule has 0 N–H and O–H groups in total. The zero-order valence-corrected chi connectivity index (χ0v) is 14.9. The van der Waals surface area contributed by atoms with Crippen LogP contribution in [0.3, 0.4) is 0 Å². The molecule has 0 unspecified atom stereocenters. The minimum absolute atomic E-state index is 0.0109. The van der Waals surface area contributed by atoms with E-state index in [-0.39, 0.29) is 35.8 Å². The molecule has 2 heterocycles. The smallest absolute Gasteiger partial charge is 0.228 e. The normalized spacial score (nSPS) is 30.5. The summed E-state index contributed by atoms with van der Waals surface area (Å²) >= 11 is 0. The molecule has 0 spiro atoms. The number of benzene rings is 1. The number of halogens is 1. The minimum Gasteiger partial charge on any atom is -0.372 e. The first kappa shape index (κ1) is 17.9. The van der Waals surface area contributed by atoms with E-state index in [1.54, 1.807) is 24.1 Å². The lowest BCUT2D eigenvalue weighted by Gasteiger charge is -2.43. The molecular weight excluding hydrogens is 323 g/mol. The van der Waals surface area contributed by atoms with Crippen molar-refractivity contribution in [3.05, 3.63) is 35.6 Å². The lowest BCUT2D eigenvalue weighted by atomic mass is 9.83. The Balaban J connectivity index is 1.89. The number of carbonyl (C=O) groups excluding carboxylic acids is 2. The summed E-state index contributed by atoms with van der Waals surface area (Å²) < 4.78 is 19.4. The van der Waals surface area contributed by atoms with Gasteiger partial charge in [0.2, 0.25) is 11.8 Å². The molecule has 1 aromatic rings. The number of carbonyl (C=O) groups is 2. The number of hydrogen-bond acceptors (Lipinski definition) is 3. The van der Waals surface area contributed by atoms with E-state index in [1.807, 2.05) is 18.7 Å². The van der Waals surface area contributed by atoms with Crippen LogP contribution in [0.15, 0.2) is 24.3 Å². The standard InChI is InChI=1S/C19H25FN2O3/c1-12-10-22(11-13(2)25-12)19(24)16-7-8-17(23)21(3)18(16)14-5-4-6-15(20)9-14/h4-6,9,12-13,16,18H,7-8,10-11H2,1-3H3/t12-,13+,16-,18-/m1/s1. The molecule has 25 heavy (non-hydrogen) atoms.